The number of amides is 1. The summed E-state index contributed by atoms with van der Waals surface area (Å²) in [6.07, 6.45) is -0.460. The minimum atomic E-state index is -0.496. The summed E-state index contributed by atoms with van der Waals surface area (Å²) in [5.41, 5.74) is 7.76. The van der Waals surface area contributed by atoms with Crippen LogP contribution >= 0.6 is 11.8 Å². The largest absolute Gasteiger partial charge is 0.350 e. The highest BCUT2D eigenvalue weighted by atomic mass is 32.2. The van der Waals surface area contributed by atoms with Gasteiger partial charge in [0.15, 0.2) is 6.29 Å². The van der Waals surface area contributed by atoms with Crippen LogP contribution in [-0.4, -0.2) is 47.5 Å². The second-order valence-electron chi connectivity index (χ2n) is 4.85. The summed E-state index contributed by atoms with van der Waals surface area (Å²) in [5.74, 6) is 0.815. The first kappa shape index (κ1) is 13.9. The fourth-order valence-corrected chi connectivity index (χ4v) is 3.46. The molecule has 102 valence electrons. The van der Waals surface area contributed by atoms with Gasteiger partial charge in [-0.05, 0) is 26.3 Å². The number of thioether (sulfide) groups is 1. The number of ether oxygens (including phenoxy) is 2. The molecule has 1 fully saturated rings. The van der Waals surface area contributed by atoms with E-state index in [1.807, 2.05) is 20.8 Å². The third-order valence-corrected chi connectivity index (χ3v) is 4.53. The van der Waals surface area contributed by atoms with Crippen LogP contribution in [-0.2, 0) is 14.3 Å². The van der Waals surface area contributed by atoms with E-state index in [9.17, 15) is 4.79 Å². The summed E-state index contributed by atoms with van der Waals surface area (Å²) in [4.78, 5) is 13.6. The minimum absolute atomic E-state index is 0.0320. The Balaban J connectivity index is 2.25. The summed E-state index contributed by atoms with van der Waals surface area (Å²) in [7, 11) is 1.59. The summed E-state index contributed by atoms with van der Waals surface area (Å²) in [6, 6.07) is -0.394. The van der Waals surface area contributed by atoms with Gasteiger partial charge in [0.25, 0.3) is 0 Å². The van der Waals surface area contributed by atoms with Crippen molar-refractivity contribution in [2.75, 3.05) is 12.9 Å². The first-order chi connectivity index (χ1) is 8.47. The van der Waals surface area contributed by atoms with Crippen molar-refractivity contribution in [2.24, 2.45) is 5.73 Å². The molecule has 0 bridgehead atoms. The lowest BCUT2D eigenvalue weighted by atomic mass is 10.0. The van der Waals surface area contributed by atoms with Gasteiger partial charge in [0.2, 0.25) is 5.91 Å². The van der Waals surface area contributed by atoms with Crippen LogP contribution in [0.25, 0.3) is 0 Å². The molecular weight excluding hydrogens is 252 g/mol. The van der Waals surface area contributed by atoms with E-state index in [0.29, 0.717) is 0 Å². The predicted molar refractivity (Wildman–Crippen MR) is 70.8 cm³/mol. The maximum Gasteiger partial charge on any atom is 0.247 e. The van der Waals surface area contributed by atoms with Crippen molar-refractivity contribution in [2.45, 2.75) is 44.6 Å². The average Bonchev–Trinajstić information content (AvgIpc) is 2.34. The lowest BCUT2D eigenvalue weighted by molar-refractivity contribution is -0.159. The number of hydrogen-bond donors (Lipinski definition) is 1. The van der Waals surface area contributed by atoms with E-state index in [1.54, 1.807) is 23.8 Å². The zero-order chi connectivity index (χ0) is 13.4. The van der Waals surface area contributed by atoms with Gasteiger partial charge in [-0.25, -0.2) is 0 Å². The molecule has 6 heteroatoms. The molecule has 3 unspecified atom stereocenters. The zero-order valence-electron chi connectivity index (χ0n) is 11.2. The van der Waals surface area contributed by atoms with E-state index < -0.39 is 12.3 Å². The van der Waals surface area contributed by atoms with E-state index in [0.717, 1.165) is 17.0 Å². The Bertz CT molecular complexity index is 384. The number of carbonyl (C=O) groups excluding carboxylic acids is 1. The van der Waals surface area contributed by atoms with Crippen molar-refractivity contribution in [3.63, 3.8) is 0 Å². The Morgan fingerprint density at radius 3 is 2.72 bits per heavy atom. The summed E-state index contributed by atoms with van der Waals surface area (Å²) in [6.45, 7) is 5.90. The van der Waals surface area contributed by atoms with Gasteiger partial charge in [-0.1, -0.05) is 0 Å². The third kappa shape index (κ3) is 2.18. The van der Waals surface area contributed by atoms with Crippen molar-refractivity contribution in [3.8, 4) is 0 Å². The van der Waals surface area contributed by atoms with Crippen molar-refractivity contribution in [3.05, 3.63) is 11.3 Å². The SMILES string of the molecule is COC(OC(C)C)C1=C(C)CSC2C(N)C(=O)N12. The number of methoxy groups -OCH3 is 1. The van der Waals surface area contributed by atoms with Gasteiger partial charge in [0.05, 0.1) is 11.8 Å². The van der Waals surface area contributed by atoms with Crippen molar-refractivity contribution in [1.29, 1.82) is 0 Å². The van der Waals surface area contributed by atoms with E-state index >= 15 is 0 Å². The topological polar surface area (TPSA) is 64.8 Å². The molecular formula is C12H20N2O3S. The maximum atomic E-state index is 11.9. The number of nitrogens with zero attached hydrogens (tertiary/aromatic N) is 1. The lowest BCUT2D eigenvalue weighted by Gasteiger charge is -2.50. The smallest absolute Gasteiger partial charge is 0.247 e. The van der Waals surface area contributed by atoms with Crippen molar-refractivity contribution < 1.29 is 14.3 Å². The van der Waals surface area contributed by atoms with E-state index in [-0.39, 0.29) is 17.4 Å². The Morgan fingerprint density at radius 2 is 2.17 bits per heavy atom. The normalized spacial score (nSPS) is 29.4. The van der Waals surface area contributed by atoms with Gasteiger partial charge in [0, 0.05) is 12.9 Å². The Morgan fingerprint density at radius 1 is 1.50 bits per heavy atom. The third-order valence-electron chi connectivity index (χ3n) is 3.08. The molecule has 0 aromatic heterocycles. The molecule has 0 radical (unpaired) electrons. The number of β-lactam (4-membered cyclic amide) rings is 1. The summed E-state index contributed by atoms with van der Waals surface area (Å²) < 4.78 is 11.1. The molecule has 0 aromatic rings. The van der Waals surface area contributed by atoms with Crippen LogP contribution in [0.2, 0.25) is 0 Å². The molecule has 1 amide bonds. The van der Waals surface area contributed by atoms with E-state index in [4.69, 9.17) is 15.2 Å². The first-order valence-electron chi connectivity index (χ1n) is 6.05. The average molecular weight is 272 g/mol. The number of rotatable bonds is 4. The lowest BCUT2D eigenvalue weighted by Crippen LogP contribution is -2.68. The molecule has 3 atom stereocenters. The minimum Gasteiger partial charge on any atom is -0.350 e. The van der Waals surface area contributed by atoms with Gasteiger partial charge < -0.3 is 15.2 Å². The highest BCUT2D eigenvalue weighted by molar-refractivity contribution is 8.00. The van der Waals surface area contributed by atoms with Gasteiger partial charge in [-0.3, -0.25) is 9.69 Å². The summed E-state index contributed by atoms with van der Waals surface area (Å²) in [5, 5.41) is 0.0320. The van der Waals surface area contributed by atoms with E-state index in [1.165, 1.54) is 0 Å². The van der Waals surface area contributed by atoms with Gasteiger partial charge >= 0.3 is 0 Å². The molecule has 0 spiro atoms. The molecule has 2 N–H and O–H groups in total. The fraction of sp³-hybridized carbons (Fsp3) is 0.750. The first-order valence-corrected chi connectivity index (χ1v) is 7.10. The Kier molecular flexibility index (Phi) is 4.01. The van der Waals surface area contributed by atoms with Crippen LogP contribution in [0, 0.1) is 0 Å². The molecule has 18 heavy (non-hydrogen) atoms. The molecule has 2 aliphatic rings. The molecule has 2 aliphatic heterocycles. The number of fused-ring (bicyclic) bond motifs is 1. The number of hydrogen-bond acceptors (Lipinski definition) is 5. The number of carbonyl (C=O) groups is 1. The quantitative estimate of drug-likeness (QED) is 0.608. The molecule has 0 aliphatic carbocycles. The molecule has 0 aromatic carbocycles. The van der Waals surface area contributed by atoms with Crippen LogP contribution in [0.1, 0.15) is 20.8 Å². The second-order valence-corrected chi connectivity index (χ2v) is 5.96. The van der Waals surface area contributed by atoms with Crippen LogP contribution in [0.15, 0.2) is 11.3 Å². The monoisotopic (exact) mass is 272 g/mol. The maximum absolute atomic E-state index is 11.9. The van der Waals surface area contributed by atoms with Gasteiger partial charge in [-0.15, -0.1) is 11.8 Å². The van der Waals surface area contributed by atoms with Crippen molar-refractivity contribution in [1.82, 2.24) is 4.90 Å². The highest BCUT2D eigenvalue weighted by Gasteiger charge is 2.51. The Labute approximate surface area is 112 Å². The highest BCUT2D eigenvalue weighted by Crippen LogP contribution is 2.41. The van der Waals surface area contributed by atoms with Gasteiger partial charge in [0.1, 0.15) is 11.4 Å². The molecule has 0 saturated carbocycles. The van der Waals surface area contributed by atoms with Crippen molar-refractivity contribution >= 4 is 17.7 Å². The molecule has 2 heterocycles. The van der Waals surface area contributed by atoms with Crippen LogP contribution in [0.3, 0.4) is 0 Å². The zero-order valence-corrected chi connectivity index (χ0v) is 12.0. The predicted octanol–water partition coefficient (Wildman–Crippen LogP) is 0.900. The standard InChI is InChI=1S/C12H20N2O3S/c1-6(2)17-12(16-4)9-7(3)5-18-11-8(13)10(15)14(9)11/h6,8,11-12H,5,13H2,1-4H3. The Hall–Kier alpha value is -0.560. The van der Waals surface area contributed by atoms with Gasteiger partial charge in [-0.2, -0.15) is 0 Å². The molecule has 2 rings (SSSR count). The summed E-state index contributed by atoms with van der Waals surface area (Å²) >= 11 is 1.69. The van der Waals surface area contributed by atoms with E-state index in [2.05, 4.69) is 0 Å². The number of nitrogens with two attached hydrogens (primary N) is 1. The van der Waals surface area contributed by atoms with Crippen LogP contribution < -0.4 is 5.73 Å². The molecule has 5 nitrogen and oxygen atoms in total. The second kappa shape index (κ2) is 5.21. The van der Waals surface area contributed by atoms with Crippen LogP contribution in [0.5, 0.6) is 0 Å². The van der Waals surface area contributed by atoms with Crippen LogP contribution in [0.4, 0.5) is 0 Å². The fourth-order valence-electron chi connectivity index (χ4n) is 2.20. The molecule has 1 saturated heterocycles.